The number of halogens is 2. The first-order valence-electron chi connectivity index (χ1n) is 7.02. The van der Waals surface area contributed by atoms with Gasteiger partial charge in [0.1, 0.15) is 10.8 Å². The van der Waals surface area contributed by atoms with Crippen molar-refractivity contribution in [1.82, 2.24) is 4.90 Å². The van der Waals surface area contributed by atoms with E-state index in [0.717, 1.165) is 0 Å². The number of carboxylic acid groups (broad SMARTS) is 1. The Morgan fingerprint density at radius 2 is 1.95 bits per heavy atom. The topological polar surface area (TPSA) is 66.8 Å². The number of rotatable bonds is 4. The summed E-state index contributed by atoms with van der Waals surface area (Å²) in [7, 11) is 0. The van der Waals surface area contributed by atoms with Crippen molar-refractivity contribution in [1.29, 1.82) is 0 Å². The van der Waals surface area contributed by atoms with Gasteiger partial charge in [-0.05, 0) is 31.9 Å². The van der Waals surface area contributed by atoms with Crippen molar-refractivity contribution >= 4 is 35.1 Å². The molecule has 1 heterocycles. The lowest BCUT2D eigenvalue weighted by atomic mass is 9.97. The Kier molecular flexibility index (Phi) is 5.53. The first kappa shape index (κ1) is 16.9. The van der Waals surface area contributed by atoms with Gasteiger partial charge in [-0.3, -0.25) is 9.59 Å². The fourth-order valence-corrected chi connectivity index (χ4v) is 2.76. The second-order valence-electron chi connectivity index (χ2n) is 5.25. The Bertz CT molecular complexity index is 571. The van der Waals surface area contributed by atoms with E-state index in [1.54, 1.807) is 30.0 Å². The largest absolute Gasteiger partial charge is 0.481 e. The number of carboxylic acids is 1. The van der Waals surface area contributed by atoms with Gasteiger partial charge < -0.3 is 14.7 Å². The van der Waals surface area contributed by atoms with Gasteiger partial charge in [0, 0.05) is 13.1 Å². The second-order valence-corrected chi connectivity index (χ2v) is 6.03. The third-order valence-corrected chi connectivity index (χ3v) is 4.53. The van der Waals surface area contributed by atoms with E-state index in [4.69, 9.17) is 33.0 Å². The smallest absolute Gasteiger partial charge is 0.306 e. The molecule has 1 aromatic carbocycles. The Morgan fingerprint density at radius 1 is 1.32 bits per heavy atom. The van der Waals surface area contributed by atoms with E-state index in [-0.39, 0.29) is 16.8 Å². The van der Waals surface area contributed by atoms with Gasteiger partial charge in [-0.2, -0.15) is 0 Å². The highest BCUT2D eigenvalue weighted by atomic mass is 35.5. The van der Waals surface area contributed by atoms with Crippen LogP contribution in [-0.4, -0.2) is 41.1 Å². The first-order chi connectivity index (χ1) is 10.4. The number of amides is 1. The number of hydrogen-bond acceptors (Lipinski definition) is 3. The highest BCUT2D eigenvalue weighted by Crippen LogP contribution is 2.32. The summed E-state index contributed by atoms with van der Waals surface area (Å²) in [4.78, 5) is 24.9. The van der Waals surface area contributed by atoms with Crippen molar-refractivity contribution in [3.05, 3.63) is 28.2 Å². The molecule has 0 aliphatic carbocycles. The molecule has 120 valence electrons. The van der Waals surface area contributed by atoms with Crippen molar-refractivity contribution in [3.63, 3.8) is 0 Å². The molecule has 1 saturated heterocycles. The minimum Gasteiger partial charge on any atom is -0.481 e. The maximum atomic E-state index is 12.4. The third-order valence-electron chi connectivity index (χ3n) is 3.72. The molecule has 1 aromatic rings. The molecule has 22 heavy (non-hydrogen) atoms. The van der Waals surface area contributed by atoms with Crippen LogP contribution < -0.4 is 4.74 Å². The molecule has 7 heteroatoms. The number of benzene rings is 1. The van der Waals surface area contributed by atoms with Crippen molar-refractivity contribution in [3.8, 4) is 5.75 Å². The van der Waals surface area contributed by atoms with Gasteiger partial charge in [-0.25, -0.2) is 0 Å². The third kappa shape index (κ3) is 3.84. The zero-order valence-electron chi connectivity index (χ0n) is 12.1. The van der Waals surface area contributed by atoms with Crippen LogP contribution in [-0.2, 0) is 9.59 Å². The average Bonchev–Trinajstić information content (AvgIpc) is 2.51. The highest BCUT2D eigenvalue weighted by molar-refractivity contribution is 6.42. The van der Waals surface area contributed by atoms with Gasteiger partial charge in [-0.15, -0.1) is 0 Å². The van der Waals surface area contributed by atoms with Gasteiger partial charge in [0.2, 0.25) is 0 Å². The van der Waals surface area contributed by atoms with E-state index in [1.165, 1.54) is 0 Å². The van der Waals surface area contributed by atoms with E-state index in [0.29, 0.717) is 36.7 Å². The molecule has 5 nitrogen and oxygen atoms in total. The lowest BCUT2D eigenvalue weighted by Gasteiger charge is -2.32. The summed E-state index contributed by atoms with van der Waals surface area (Å²) in [6, 6.07) is 4.98. The van der Waals surface area contributed by atoms with Gasteiger partial charge in [0.25, 0.3) is 5.91 Å². The SMILES string of the molecule is CC(Oc1cccc(Cl)c1Cl)C(=O)N1CCC(C(=O)O)CC1. The fraction of sp³-hybridized carbons (Fsp3) is 0.467. The minimum absolute atomic E-state index is 0.181. The molecule has 1 atom stereocenters. The number of ether oxygens (including phenoxy) is 1. The van der Waals surface area contributed by atoms with Crippen molar-refractivity contribution in [2.75, 3.05) is 13.1 Å². The van der Waals surface area contributed by atoms with Crippen LogP contribution >= 0.6 is 23.2 Å². The average molecular weight is 346 g/mol. The molecular formula is C15H17Cl2NO4. The molecule has 0 bridgehead atoms. The second kappa shape index (κ2) is 7.20. The van der Waals surface area contributed by atoms with E-state index >= 15 is 0 Å². The van der Waals surface area contributed by atoms with Crippen molar-refractivity contribution < 1.29 is 19.4 Å². The fourth-order valence-electron chi connectivity index (χ4n) is 2.42. The van der Waals surface area contributed by atoms with E-state index in [2.05, 4.69) is 0 Å². The standard InChI is InChI=1S/C15H17Cl2NO4/c1-9(22-12-4-2-3-11(16)13(12)17)14(19)18-7-5-10(6-8-18)15(20)21/h2-4,9-10H,5-8H2,1H3,(H,20,21). The van der Waals surface area contributed by atoms with Crippen LogP contribution in [0.2, 0.25) is 10.0 Å². The first-order valence-corrected chi connectivity index (χ1v) is 7.78. The zero-order valence-corrected chi connectivity index (χ0v) is 13.6. The van der Waals surface area contributed by atoms with Crippen LogP contribution in [0.5, 0.6) is 5.75 Å². The van der Waals surface area contributed by atoms with Crippen LogP contribution in [0, 0.1) is 5.92 Å². The Balaban J connectivity index is 1.95. The predicted octanol–water partition coefficient (Wildman–Crippen LogP) is 3.08. The molecule has 2 rings (SSSR count). The van der Waals surface area contributed by atoms with Gasteiger partial charge in [-0.1, -0.05) is 29.3 Å². The number of carbonyl (C=O) groups is 2. The Morgan fingerprint density at radius 3 is 2.55 bits per heavy atom. The summed E-state index contributed by atoms with van der Waals surface area (Å²) >= 11 is 11.9. The molecule has 0 radical (unpaired) electrons. The monoisotopic (exact) mass is 345 g/mol. The molecule has 0 spiro atoms. The van der Waals surface area contributed by atoms with E-state index in [9.17, 15) is 9.59 Å². The van der Waals surface area contributed by atoms with E-state index < -0.39 is 12.1 Å². The summed E-state index contributed by atoms with van der Waals surface area (Å²) < 4.78 is 5.59. The van der Waals surface area contributed by atoms with Gasteiger partial charge >= 0.3 is 5.97 Å². The normalized spacial score (nSPS) is 17.1. The number of piperidine rings is 1. The molecule has 1 aliphatic rings. The molecular weight excluding hydrogens is 329 g/mol. The number of nitrogens with zero attached hydrogens (tertiary/aromatic N) is 1. The van der Waals surface area contributed by atoms with Crippen LogP contribution in [0.1, 0.15) is 19.8 Å². The maximum absolute atomic E-state index is 12.4. The molecule has 0 aromatic heterocycles. The number of likely N-dealkylation sites (tertiary alicyclic amines) is 1. The summed E-state index contributed by atoms with van der Waals surface area (Å²) in [6.45, 7) is 2.49. The number of carbonyl (C=O) groups excluding carboxylic acids is 1. The predicted molar refractivity (Wildman–Crippen MR) is 83.5 cm³/mol. The molecule has 1 amide bonds. The maximum Gasteiger partial charge on any atom is 0.306 e. The van der Waals surface area contributed by atoms with E-state index in [1.807, 2.05) is 0 Å². The summed E-state index contributed by atoms with van der Waals surface area (Å²) in [5, 5.41) is 9.60. The molecule has 0 saturated carbocycles. The highest BCUT2D eigenvalue weighted by Gasteiger charge is 2.30. The van der Waals surface area contributed by atoms with Gasteiger partial charge in [0.05, 0.1) is 10.9 Å². The van der Waals surface area contributed by atoms with Crippen LogP contribution in [0.3, 0.4) is 0 Å². The zero-order chi connectivity index (χ0) is 16.3. The lowest BCUT2D eigenvalue weighted by Crippen LogP contribution is -2.45. The van der Waals surface area contributed by atoms with Crippen molar-refractivity contribution in [2.45, 2.75) is 25.9 Å². The lowest BCUT2D eigenvalue weighted by molar-refractivity contribution is -0.147. The molecule has 1 unspecified atom stereocenters. The Labute approximate surface area is 138 Å². The van der Waals surface area contributed by atoms with Crippen molar-refractivity contribution in [2.24, 2.45) is 5.92 Å². The molecule has 1 aliphatic heterocycles. The summed E-state index contributed by atoms with van der Waals surface area (Å²) in [5.74, 6) is -1.000. The summed E-state index contributed by atoms with van der Waals surface area (Å²) in [6.07, 6.45) is 0.217. The van der Waals surface area contributed by atoms with Crippen LogP contribution in [0.15, 0.2) is 18.2 Å². The molecule has 1 N–H and O–H groups in total. The summed E-state index contributed by atoms with van der Waals surface area (Å²) in [5.41, 5.74) is 0. The van der Waals surface area contributed by atoms with Crippen LogP contribution in [0.25, 0.3) is 0 Å². The Hall–Kier alpha value is -1.46. The van der Waals surface area contributed by atoms with Gasteiger partial charge in [0.15, 0.2) is 6.10 Å². The number of hydrogen-bond donors (Lipinski definition) is 1. The van der Waals surface area contributed by atoms with Crippen LogP contribution in [0.4, 0.5) is 0 Å². The molecule has 1 fully saturated rings. The minimum atomic E-state index is -0.804. The quantitative estimate of drug-likeness (QED) is 0.910. The number of aliphatic carboxylic acids is 1.